The minimum atomic E-state index is 0.614. The van der Waals surface area contributed by atoms with Crippen LogP contribution in [-0.2, 0) is 22.6 Å². The first-order valence-electron chi connectivity index (χ1n) is 6.40. The van der Waals surface area contributed by atoms with Crippen molar-refractivity contribution in [2.24, 2.45) is 0 Å². The number of nitrogens with one attached hydrogen (secondary N) is 1. The Morgan fingerprint density at radius 3 is 2.85 bits per heavy atom. The van der Waals surface area contributed by atoms with Gasteiger partial charge in [0.15, 0.2) is 0 Å². The zero-order valence-electron chi connectivity index (χ0n) is 11.4. The molecule has 1 aromatic heterocycles. The Bertz CT molecular complexity index is 530. The monoisotopic (exact) mass is 355 g/mol. The molecule has 2 aromatic rings. The lowest BCUT2D eigenvalue weighted by atomic mass is 10.2. The predicted octanol–water partition coefficient (Wildman–Crippen LogP) is 4.29. The molecule has 0 saturated carbocycles. The van der Waals surface area contributed by atoms with Crippen molar-refractivity contribution in [3.8, 4) is 0 Å². The third-order valence-electron chi connectivity index (χ3n) is 2.75. The van der Waals surface area contributed by atoms with Crippen molar-refractivity contribution in [3.05, 3.63) is 50.6 Å². The van der Waals surface area contributed by atoms with Crippen LogP contribution in [0.4, 0.5) is 5.69 Å². The maximum atomic E-state index is 5.52. The summed E-state index contributed by atoms with van der Waals surface area (Å²) in [6.07, 6.45) is 0. The maximum Gasteiger partial charge on any atom is 0.0718 e. The molecular formula is C15H18BrNO2S. The highest BCUT2D eigenvalue weighted by Crippen LogP contribution is 2.21. The summed E-state index contributed by atoms with van der Waals surface area (Å²) in [7, 11) is 1.68. The molecule has 1 heterocycles. The highest BCUT2D eigenvalue weighted by atomic mass is 79.9. The van der Waals surface area contributed by atoms with Crippen LogP contribution in [0.1, 0.15) is 11.1 Å². The van der Waals surface area contributed by atoms with Crippen LogP contribution in [0.3, 0.4) is 0 Å². The first kappa shape index (κ1) is 15.5. The van der Waals surface area contributed by atoms with Crippen LogP contribution >= 0.6 is 27.3 Å². The van der Waals surface area contributed by atoms with Crippen LogP contribution in [0.5, 0.6) is 0 Å². The highest BCUT2D eigenvalue weighted by Gasteiger charge is 1.99. The molecule has 3 nitrogen and oxygen atoms in total. The minimum absolute atomic E-state index is 0.614. The number of thiophene rings is 1. The quantitative estimate of drug-likeness (QED) is 0.716. The summed E-state index contributed by atoms with van der Waals surface area (Å²) in [5.41, 5.74) is 3.56. The lowest BCUT2D eigenvalue weighted by Crippen LogP contribution is -2.02. The van der Waals surface area contributed by atoms with Gasteiger partial charge in [-0.05, 0) is 50.6 Å². The number of ether oxygens (including phenoxy) is 2. The third-order valence-corrected chi connectivity index (χ3v) is 4.30. The molecule has 0 aliphatic carbocycles. The van der Waals surface area contributed by atoms with E-state index in [4.69, 9.17) is 9.47 Å². The molecule has 108 valence electrons. The second-order valence-corrected chi connectivity index (χ2v) is 6.65. The van der Waals surface area contributed by atoms with Crippen LogP contribution in [-0.4, -0.2) is 20.3 Å². The molecule has 0 radical (unpaired) electrons. The molecule has 0 spiro atoms. The Kier molecular flexibility index (Phi) is 6.53. The van der Waals surface area contributed by atoms with E-state index in [0.717, 1.165) is 21.6 Å². The molecule has 0 atom stereocenters. The van der Waals surface area contributed by atoms with E-state index in [2.05, 4.69) is 50.9 Å². The Hall–Kier alpha value is -0.880. The van der Waals surface area contributed by atoms with Crippen LogP contribution < -0.4 is 5.32 Å². The average molecular weight is 356 g/mol. The number of hydrogen-bond donors (Lipinski definition) is 1. The topological polar surface area (TPSA) is 30.5 Å². The summed E-state index contributed by atoms with van der Waals surface area (Å²) in [6.45, 7) is 2.70. The van der Waals surface area contributed by atoms with Crippen molar-refractivity contribution in [2.75, 3.05) is 25.6 Å². The first-order valence-corrected chi connectivity index (χ1v) is 8.07. The first-order chi connectivity index (χ1) is 9.78. The fourth-order valence-electron chi connectivity index (χ4n) is 1.75. The van der Waals surface area contributed by atoms with Gasteiger partial charge in [-0.15, -0.1) is 11.3 Å². The molecule has 0 saturated heterocycles. The van der Waals surface area contributed by atoms with E-state index < -0.39 is 0 Å². The van der Waals surface area contributed by atoms with E-state index in [9.17, 15) is 0 Å². The highest BCUT2D eigenvalue weighted by molar-refractivity contribution is 9.11. The molecule has 0 fully saturated rings. The van der Waals surface area contributed by atoms with Gasteiger partial charge in [0.25, 0.3) is 0 Å². The molecule has 0 amide bonds. The lowest BCUT2D eigenvalue weighted by Gasteiger charge is -2.08. The fraction of sp³-hybridized carbons (Fsp3) is 0.333. The molecule has 2 rings (SSSR count). The van der Waals surface area contributed by atoms with Crippen LogP contribution in [0.25, 0.3) is 0 Å². The Labute approximate surface area is 132 Å². The van der Waals surface area contributed by atoms with Gasteiger partial charge in [-0.2, -0.15) is 0 Å². The Morgan fingerprint density at radius 1 is 1.20 bits per heavy atom. The van der Waals surface area contributed by atoms with Gasteiger partial charge in [0.1, 0.15) is 0 Å². The number of methoxy groups -OCH3 is 1. The molecule has 20 heavy (non-hydrogen) atoms. The lowest BCUT2D eigenvalue weighted by molar-refractivity contribution is 0.0617. The van der Waals surface area contributed by atoms with Crippen molar-refractivity contribution < 1.29 is 9.47 Å². The van der Waals surface area contributed by atoms with Crippen LogP contribution in [0.2, 0.25) is 0 Å². The van der Waals surface area contributed by atoms with Gasteiger partial charge in [-0.25, -0.2) is 0 Å². The molecule has 0 bridgehead atoms. The fourth-order valence-corrected chi connectivity index (χ4v) is 2.96. The van der Waals surface area contributed by atoms with Crippen LogP contribution in [0, 0.1) is 0 Å². The van der Waals surface area contributed by atoms with Gasteiger partial charge in [0.2, 0.25) is 0 Å². The zero-order valence-corrected chi connectivity index (χ0v) is 13.8. The molecule has 0 aliphatic rings. The van der Waals surface area contributed by atoms with Gasteiger partial charge in [-0.3, -0.25) is 0 Å². The van der Waals surface area contributed by atoms with Gasteiger partial charge < -0.3 is 14.8 Å². The number of benzene rings is 1. The van der Waals surface area contributed by atoms with Crippen LogP contribution in [0.15, 0.2) is 39.5 Å². The largest absolute Gasteiger partial charge is 0.382 e. The molecule has 1 N–H and O–H groups in total. The second-order valence-electron chi connectivity index (χ2n) is 4.36. The molecule has 5 heteroatoms. The number of rotatable bonds is 8. The summed E-state index contributed by atoms with van der Waals surface area (Å²) in [6, 6.07) is 10.4. The van der Waals surface area contributed by atoms with Gasteiger partial charge in [-0.1, -0.05) is 12.1 Å². The standard InChI is InChI=1S/C15H18BrNO2S/c1-18-5-6-19-10-12-3-2-4-14(7-12)17-9-13-8-15(16)20-11-13/h2-4,7-8,11,17H,5-6,9-10H2,1H3. The van der Waals surface area contributed by atoms with Crippen molar-refractivity contribution in [3.63, 3.8) is 0 Å². The van der Waals surface area contributed by atoms with Gasteiger partial charge in [0.05, 0.1) is 23.6 Å². The van der Waals surface area contributed by atoms with E-state index in [1.165, 1.54) is 5.56 Å². The van der Waals surface area contributed by atoms with E-state index in [-0.39, 0.29) is 0 Å². The molecular weight excluding hydrogens is 338 g/mol. The van der Waals surface area contributed by atoms with Crippen molar-refractivity contribution in [2.45, 2.75) is 13.2 Å². The minimum Gasteiger partial charge on any atom is -0.382 e. The Morgan fingerprint density at radius 2 is 2.10 bits per heavy atom. The van der Waals surface area contributed by atoms with Gasteiger partial charge >= 0.3 is 0 Å². The number of anilines is 1. The van der Waals surface area contributed by atoms with Gasteiger partial charge in [0, 0.05) is 19.3 Å². The van der Waals surface area contributed by atoms with E-state index in [1.807, 2.05) is 6.07 Å². The zero-order chi connectivity index (χ0) is 14.2. The Balaban J connectivity index is 1.82. The van der Waals surface area contributed by atoms with Crippen molar-refractivity contribution in [1.29, 1.82) is 0 Å². The summed E-state index contributed by atoms with van der Waals surface area (Å²) in [5, 5.41) is 5.57. The SMILES string of the molecule is COCCOCc1cccc(NCc2csc(Br)c2)c1. The molecule has 1 aromatic carbocycles. The normalized spacial score (nSPS) is 10.7. The van der Waals surface area contributed by atoms with E-state index in [1.54, 1.807) is 18.4 Å². The smallest absolute Gasteiger partial charge is 0.0718 e. The van der Waals surface area contributed by atoms with E-state index >= 15 is 0 Å². The predicted molar refractivity (Wildman–Crippen MR) is 87.3 cm³/mol. The number of hydrogen-bond acceptors (Lipinski definition) is 4. The molecule has 0 unspecified atom stereocenters. The van der Waals surface area contributed by atoms with Crippen molar-refractivity contribution in [1.82, 2.24) is 0 Å². The third kappa shape index (κ3) is 5.25. The second kappa shape index (κ2) is 8.42. The molecule has 0 aliphatic heterocycles. The van der Waals surface area contributed by atoms with Crippen molar-refractivity contribution >= 4 is 33.0 Å². The van der Waals surface area contributed by atoms with E-state index in [0.29, 0.717) is 19.8 Å². The maximum absolute atomic E-state index is 5.52. The summed E-state index contributed by atoms with van der Waals surface area (Å²) in [5.74, 6) is 0. The summed E-state index contributed by atoms with van der Waals surface area (Å²) >= 11 is 5.18. The average Bonchev–Trinajstić information content (AvgIpc) is 2.88. The summed E-state index contributed by atoms with van der Waals surface area (Å²) < 4.78 is 11.6. The summed E-state index contributed by atoms with van der Waals surface area (Å²) in [4.78, 5) is 0. The number of halogens is 1.